The Morgan fingerprint density at radius 2 is 1.67 bits per heavy atom. The Bertz CT molecular complexity index is 1060. The van der Waals surface area contributed by atoms with Crippen molar-refractivity contribution in [2.75, 3.05) is 0 Å². The summed E-state index contributed by atoms with van der Waals surface area (Å²) in [5.41, 5.74) is 1.17. The number of carbonyl (C=O) groups excluding carboxylic acids is 1. The van der Waals surface area contributed by atoms with Crippen LogP contribution in [0, 0.1) is 10.1 Å². The fourth-order valence-electron chi connectivity index (χ4n) is 2.50. The lowest BCUT2D eigenvalue weighted by molar-refractivity contribution is -0.385. The van der Waals surface area contributed by atoms with Gasteiger partial charge in [-0.3, -0.25) is 19.9 Å². The van der Waals surface area contributed by atoms with Crippen LogP contribution in [0.15, 0.2) is 71.7 Å². The highest BCUT2D eigenvalue weighted by molar-refractivity contribution is 6.35. The zero-order chi connectivity index (χ0) is 19.4. The first kappa shape index (κ1) is 18.8. The Morgan fingerprint density at radius 1 is 0.963 bits per heavy atom. The standard InChI is InChI=1S/C20H12Cl2N2O3/c21-14-9-10-18(23-12-13-5-1-4-8-19(13)24(26)27)16(11-14)20(25)15-6-2-3-7-17(15)22/h1-12H. The number of nitrogens with zero attached hydrogens (tertiary/aromatic N) is 2. The number of halogens is 2. The summed E-state index contributed by atoms with van der Waals surface area (Å²) >= 11 is 12.2. The van der Waals surface area contributed by atoms with Gasteiger partial charge in [0.1, 0.15) is 0 Å². The molecule has 0 unspecified atom stereocenters. The van der Waals surface area contributed by atoms with Crippen molar-refractivity contribution in [1.82, 2.24) is 0 Å². The summed E-state index contributed by atoms with van der Waals surface area (Å²) in [5.74, 6) is -0.335. The second-order valence-electron chi connectivity index (χ2n) is 5.54. The molecule has 27 heavy (non-hydrogen) atoms. The maximum atomic E-state index is 12.9. The molecule has 0 saturated carbocycles. The summed E-state index contributed by atoms with van der Waals surface area (Å²) in [7, 11) is 0. The van der Waals surface area contributed by atoms with Crippen LogP contribution in [0.5, 0.6) is 0 Å². The van der Waals surface area contributed by atoms with Gasteiger partial charge in [0.2, 0.25) is 0 Å². The van der Waals surface area contributed by atoms with Crippen molar-refractivity contribution in [1.29, 1.82) is 0 Å². The van der Waals surface area contributed by atoms with Gasteiger partial charge in [0.05, 0.1) is 21.2 Å². The van der Waals surface area contributed by atoms with Gasteiger partial charge in [-0.1, -0.05) is 47.5 Å². The number of para-hydroxylation sites is 1. The molecule has 0 aliphatic rings. The number of nitro groups is 1. The lowest BCUT2D eigenvalue weighted by Crippen LogP contribution is -2.03. The van der Waals surface area contributed by atoms with Crippen LogP contribution in [-0.2, 0) is 0 Å². The lowest BCUT2D eigenvalue weighted by Gasteiger charge is -2.07. The summed E-state index contributed by atoms with van der Waals surface area (Å²) in [6.07, 6.45) is 1.35. The summed E-state index contributed by atoms with van der Waals surface area (Å²) < 4.78 is 0. The van der Waals surface area contributed by atoms with Crippen molar-refractivity contribution in [2.24, 2.45) is 4.99 Å². The van der Waals surface area contributed by atoms with Gasteiger partial charge in [-0.15, -0.1) is 0 Å². The summed E-state index contributed by atoms with van der Waals surface area (Å²) in [4.78, 5) is 27.8. The summed E-state index contributed by atoms with van der Waals surface area (Å²) in [6, 6.07) is 17.6. The Kier molecular flexibility index (Phi) is 5.64. The molecule has 3 aromatic carbocycles. The third-order valence-corrected chi connectivity index (χ3v) is 4.36. The Hall–Kier alpha value is -3.02. The van der Waals surface area contributed by atoms with Gasteiger partial charge >= 0.3 is 0 Å². The number of ketones is 1. The maximum absolute atomic E-state index is 12.9. The molecule has 7 heteroatoms. The van der Waals surface area contributed by atoms with Gasteiger partial charge in [-0.25, -0.2) is 0 Å². The first-order valence-electron chi connectivity index (χ1n) is 7.83. The van der Waals surface area contributed by atoms with Crippen molar-refractivity contribution >= 4 is 46.6 Å². The molecule has 0 aliphatic carbocycles. The molecule has 0 bridgehead atoms. The molecule has 0 spiro atoms. The number of carbonyl (C=O) groups is 1. The van der Waals surface area contributed by atoms with E-state index in [0.29, 0.717) is 26.9 Å². The van der Waals surface area contributed by atoms with E-state index in [1.165, 1.54) is 18.3 Å². The molecule has 5 nitrogen and oxygen atoms in total. The summed E-state index contributed by atoms with van der Waals surface area (Å²) in [5, 5.41) is 11.8. The third kappa shape index (κ3) is 4.22. The molecule has 3 aromatic rings. The van der Waals surface area contributed by atoms with Gasteiger partial charge in [-0.2, -0.15) is 0 Å². The molecule has 0 aromatic heterocycles. The van der Waals surface area contributed by atoms with Crippen LogP contribution in [0.25, 0.3) is 0 Å². The molecule has 0 atom stereocenters. The molecule has 0 radical (unpaired) electrons. The molecule has 0 fully saturated rings. The normalized spacial score (nSPS) is 10.9. The van der Waals surface area contributed by atoms with E-state index in [9.17, 15) is 14.9 Å². The lowest BCUT2D eigenvalue weighted by atomic mass is 10.0. The van der Waals surface area contributed by atoms with Crippen LogP contribution >= 0.6 is 23.2 Å². The maximum Gasteiger partial charge on any atom is 0.278 e. The minimum absolute atomic E-state index is 0.0748. The van der Waals surface area contributed by atoms with E-state index in [2.05, 4.69) is 4.99 Å². The number of hydrogen-bond acceptors (Lipinski definition) is 4. The van der Waals surface area contributed by atoms with Crippen LogP contribution in [0.1, 0.15) is 21.5 Å². The molecule has 0 saturated heterocycles. The van der Waals surface area contributed by atoms with Gasteiger partial charge in [0, 0.05) is 28.4 Å². The Morgan fingerprint density at radius 3 is 2.41 bits per heavy atom. The molecule has 3 rings (SSSR count). The predicted molar refractivity (Wildman–Crippen MR) is 107 cm³/mol. The molecule has 0 amide bonds. The van der Waals surface area contributed by atoms with Crippen LogP contribution in [0.4, 0.5) is 11.4 Å². The van der Waals surface area contributed by atoms with Gasteiger partial charge in [-0.05, 0) is 36.4 Å². The molecule has 0 heterocycles. The van der Waals surface area contributed by atoms with Crippen LogP contribution < -0.4 is 0 Å². The molecule has 0 N–H and O–H groups in total. The minimum atomic E-state index is -0.487. The van der Waals surface area contributed by atoms with E-state index >= 15 is 0 Å². The zero-order valence-electron chi connectivity index (χ0n) is 13.8. The second kappa shape index (κ2) is 8.12. The van der Waals surface area contributed by atoms with E-state index in [-0.39, 0.29) is 17.0 Å². The fourth-order valence-corrected chi connectivity index (χ4v) is 2.89. The predicted octanol–water partition coefficient (Wildman–Crippen LogP) is 5.88. The fraction of sp³-hybridized carbons (Fsp3) is 0. The van der Waals surface area contributed by atoms with E-state index in [1.807, 2.05) is 0 Å². The highest BCUT2D eigenvalue weighted by Crippen LogP contribution is 2.28. The molecule has 0 aliphatic heterocycles. The van der Waals surface area contributed by atoms with Gasteiger partial charge < -0.3 is 0 Å². The first-order valence-corrected chi connectivity index (χ1v) is 8.59. The van der Waals surface area contributed by atoms with Crippen molar-refractivity contribution in [2.45, 2.75) is 0 Å². The monoisotopic (exact) mass is 398 g/mol. The van der Waals surface area contributed by atoms with Gasteiger partial charge in [0.25, 0.3) is 5.69 Å². The number of hydrogen-bond donors (Lipinski definition) is 0. The van der Waals surface area contributed by atoms with E-state index < -0.39 is 4.92 Å². The molecular weight excluding hydrogens is 387 g/mol. The minimum Gasteiger partial charge on any atom is -0.288 e. The highest BCUT2D eigenvalue weighted by atomic mass is 35.5. The Balaban J connectivity index is 2.05. The second-order valence-corrected chi connectivity index (χ2v) is 6.39. The highest BCUT2D eigenvalue weighted by Gasteiger charge is 2.17. The van der Waals surface area contributed by atoms with E-state index in [1.54, 1.807) is 54.6 Å². The van der Waals surface area contributed by atoms with Crippen molar-refractivity contribution in [3.05, 3.63) is 104 Å². The SMILES string of the molecule is O=C(c1ccccc1Cl)c1cc(Cl)ccc1N=Cc1ccccc1[N+](=O)[O-]. The Labute approximate surface area is 165 Å². The smallest absolute Gasteiger partial charge is 0.278 e. The van der Waals surface area contributed by atoms with Crippen molar-refractivity contribution in [3.8, 4) is 0 Å². The number of benzene rings is 3. The zero-order valence-corrected chi connectivity index (χ0v) is 15.3. The van der Waals surface area contributed by atoms with Crippen LogP contribution in [0.2, 0.25) is 10.0 Å². The largest absolute Gasteiger partial charge is 0.288 e. The van der Waals surface area contributed by atoms with Crippen molar-refractivity contribution < 1.29 is 9.72 Å². The van der Waals surface area contributed by atoms with Gasteiger partial charge in [0.15, 0.2) is 5.78 Å². The van der Waals surface area contributed by atoms with E-state index in [0.717, 1.165) is 0 Å². The summed E-state index contributed by atoms with van der Waals surface area (Å²) in [6.45, 7) is 0. The average Bonchev–Trinajstić information content (AvgIpc) is 2.67. The van der Waals surface area contributed by atoms with Crippen molar-refractivity contribution in [3.63, 3.8) is 0 Å². The first-order chi connectivity index (χ1) is 13.0. The average molecular weight is 399 g/mol. The quantitative estimate of drug-likeness (QED) is 0.233. The molecule has 134 valence electrons. The number of aliphatic imine (C=N–C) groups is 1. The molecular formula is C20H12Cl2N2O3. The number of nitro benzene ring substituents is 1. The number of rotatable bonds is 5. The van der Waals surface area contributed by atoms with E-state index in [4.69, 9.17) is 23.2 Å². The van der Waals surface area contributed by atoms with Crippen LogP contribution in [-0.4, -0.2) is 16.9 Å². The van der Waals surface area contributed by atoms with Crippen LogP contribution in [0.3, 0.4) is 0 Å². The third-order valence-electron chi connectivity index (χ3n) is 3.80. The topological polar surface area (TPSA) is 72.6 Å².